The van der Waals surface area contributed by atoms with Crippen LogP contribution in [0.1, 0.15) is 5.56 Å². The third-order valence-electron chi connectivity index (χ3n) is 1.60. The van der Waals surface area contributed by atoms with Crippen molar-refractivity contribution in [2.24, 2.45) is 7.05 Å². The molecule has 0 unspecified atom stereocenters. The van der Waals surface area contributed by atoms with Crippen molar-refractivity contribution < 1.29 is 77.5 Å². The summed E-state index contributed by atoms with van der Waals surface area (Å²) in [6, 6.07) is 0. The Morgan fingerprint density at radius 3 is 2.00 bits per heavy atom. The first kappa shape index (κ1) is 15.5. The molecule has 1 aromatic rings. The van der Waals surface area contributed by atoms with Gasteiger partial charge < -0.3 is 17.6 Å². The van der Waals surface area contributed by atoms with Gasteiger partial charge in [-0.05, 0) is 5.59 Å². The van der Waals surface area contributed by atoms with E-state index in [-0.39, 0.29) is 62.3 Å². The Morgan fingerprint density at radius 2 is 1.73 bits per heavy atom. The molecule has 0 aliphatic carbocycles. The molecule has 1 aromatic heterocycles. The monoisotopic (exact) mass is 256 g/mol. The van der Waals surface area contributed by atoms with Gasteiger partial charge in [-0.2, -0.15) is 18.3 Å². The Bertz CT molecular complexity index is 342. The second kappa shape index (κ2) is 4.78. The molecule has 0 saturated carbocycles. The van der Waals surface area contributed by atoms with Crippen molar-refractivity contribution in [3.05, 3.63) is 11.8 Å². The van der Waals surface area contributed by atoms with Crippen LogP contribution in [0.15, 0.2) is 6.20 Å². The van der Waals surface area contributed by atoms with Gasteiger partial charge in [-0.1, -0.05) is 0 Å². The normalized spacial score (nSPS) is 12.5. The molecule has 10 heteroatoms. The van der Waals surface area contributed by atoms with Crippen molar-refractivity contribution in [3.8, 4) is 0 Å². The van der Waals surface area contributed by atoms with Crippen LogP contribution in [0.4, 0.5) is 26.1 Å². The predicted octanol–water partition coefficient (Wildman–Crippen LogP) is -1.50. The first-order chi connectivity index (χ1) is 6.14. The van der Waals surface area contributed by atoms with Crippen LogP contribution in [0.2, 0.25) is 0 Å². The number of rotatable bonds is 1. The molecular weight excluding hydrogens is 252 g/mol. The van der Waals surface area contributed by atoms with E-state index in [0.717, 1.165) is 7.05 Å². The van der Waals surface area contributed by atoms with Crippen LogP contribution in [0.3, 0.4) is 0 Å². The Morgan fingerprint density at radius 1 is 1.27 bits per heavy atom. The van der Waals surface area contributed by atoms with E-state index >= 15 is 0 Å². The fourth-order valence-corrected chi connectivity index (χ4v) is 1.05. The third-order valence-corrected chi connectivity index (χ3v) is 1.60. The van der Waals surface area contributed by atoms with Crippen LogP contribution < -0.4 is 57.0 Å². The van der Waals surface area contributed by atoms with E-state index in [9.17, 15) is 26.1 Å². The summed E-state index contributed by atoms with van der Waals surface area (Å²) >= 11 is 0. The maximum atomic E-state index is 12.2. The van der Waals surface area contributed by atoms with Crippen molar-refractivity contribution in [2.45, 2.75) is 6.18 Å². The molecular formula is C5H4BF6KN2. The van der Waals surface area contributed by atoms with Crippen LogP contribution >= 0.6 is 0 Å². The van der Waals surface area contributed by atoms with Gasteiger partial charge >= 0.3 is 64.5 Å². The smallest absolute Gasteiger partial charge is 0.444 e. The molecule has 0 aliphatic rings. The van der Waals surface area contributed by atoms with Crippen molar-refractivity contribution in [2.75, 3.05) is 0 Å². The summed E-state index contributed by atoms with van der Waals surface area (Å²) in [5.74, 6) is 0. The van der Waals surface area contributed by atoms with Gasteiger partial charge in [0, 0.05) is 7.05 Å². The molecule has 0 fully saturated rings. The molecule has 0 amide bonds. The summed E-state index contributed by atoms with van der Waals surface area (Å²) in [7, 11) is 0.819. The average molecular weight is 256 g/mol. The minimum Gasteiger partial charge on any atom is -0.444 e. The Kier molecular flexibility index (Phi) is 4.94. The molecule has 0 aromatic carbocycles. The molecule has 0 saturated heterocycles. The van der Waals surface area contributed by atoms with E-state index < -0.39 is 24.3 Å². The molecule has 1 heterocycles. The number of hydrogen-bond donors (Lipinski definition) is 0. The maximum Gasteiger partial charge on any atom is 1.00 e. The zero-order valence-electron chi connectivity index (χ0n) is 7.82. The number of alkyl halides is 3. The molecule has 0 radical (unpaired) electrons. The number of halogens is 6. The minimum absolute atomic E-state index is 0. The molecule has 80 valence electrons. The van der Waals surface area contributed by atoms with Crippen molar-refractivity contribution in [1.29, 1.82) is 0 Å². The second-order valence-corrected chi connectivity index (χ2v) is 2.64. The zero-order valence-corrected chi connectivity index (χ0v) is 10.9. The first-order valence-electron chi connectivity index (χ1n) is 3.43. The molecule has 0 N–H and O–H groups in total. The standard InChI is InChI=1S/C5H4BF6N2.K/c1-14-4(6(10,11)12)3(2-13-14)5(7,8)9;/h2H,1H3;/q-1;+1. The SMILES string of the molecule is Cn1ncc(C(F)(F)F)c1[B-](F)(F)F.[K+]. The first-order valence-corrected chi connectivity index (χ1v) is 3.43. The topological polar surface area (TPSA) is 17.8 Å². The van der Waals surface area contributed by atoms with Gasteiger partial charge in [0.05, 0.1) is 11.8 Å². The number of nitrogens with zero attached hydrogens (tertiary/aromatic N) is 2. The fourth-order valence-electron chi connectivity index (χ4n) is 1.05. The number of hydrogen-bond acceptors (Lipinski definition) is 1. The zero-order chi connectivity index (χ0) is 11.1. The van der Waals surface area contributed by atoms with Gasteiger partial charge in [-0.15, -0.1) is 0 Å². The Hall–Kier alpha value is 0.491. The molecule has 0 aliphatic heterocycles. The van der Waals surface area contributed by atoms with Crippen molar-refractivity contribution in [3.63, 3.8) is 0 Å². The molecule has 15 heavy (non-hydrogen) atoms. The van der Waals surface area contributed by atoms with Crippen LogP contribution in [0, 0.1) is 0 Å². The Labute approximate surface area is 123 Å². The summed E-state index contributed by atoms with van der Waals surface area (Å²) in [5.41, 5.74) is -3.47. The Balaban J connectivity index is 0.00000196. The minimum atomic E-state index is -5.71. The molecule has 0 spiro atoms. The summed E-state index contributed by atoms with van der Waals surface area (Å²) in [4.78, 5) is 0. The van der Waals surface area contributed by atoms with E-state index in [1.807, 2.05) is 0 Å². The third kappa shape index (κ3) is 3.48. The van der Waals surface area contributed by atoms with Crippen molar-refractivity contribution >= 4 is 12.6 Å². The van der Waals surface area contributed by atoms with E-state index in [1.165, 1.54) is 0 Å². The number of aryl methyl sites for hydroxylation is 1. The van der Waals surface area contributed by atoms with E-state index in [0.29, 0.717) is 0 Å². The van der Waals surface area contributed by atoms with Gasteiger partial charge in [0.15, 0.2) is 0 Å². The van der Waals surface area contributed by atoms with Gasteiger partial charge in [0.1, 0.15) is 0 Å². The van der Waals surface area contributed by atoms with Gasteiger partial charge in [-0.25, -0.2) is 0 Å². The second-order valence-electron chi connectivity index (χ2n) is 2.64. The molecule has 2 nitrogen and oxygen atoms in total. The van der Waals surface area contributed by atoms with E-state index in [2.05, 4.69) is 5.10 Å². The van der Waals surface area contributed by atoms with Gasteiger partial charge in [-0.3, -0.25) is 0 Å². The van der Waals surface area contributed by atoms with Crippen LogP contribution in [0.5, 0.6) is 0 Å². The molecule has 1 rings (SSSR count). The van der Waals surface area contributed by atoms with Crippen LogP contribution in [-0.4, -0.2) is 16.8 Å². The maximum absolute atomic E-state index is 12.2. The fraction of sp³-hybridized carbons (Fsp3) is 0.400. The van der Waals surface area contributed by atoms with Crippen molar-refractivity contribution in [1.82, 2.24) is 9.78 Å². The van der Waals surface area contributed by atoms with Gasteiger partial charge in [0.2, 0.25) is 0 Å². The summed E-state index contributed by atoms with van der Waals surface area (Å²) in [5, 5.41) is 2.94. The molecule has 0 bridgehead atoms. The van der Waals surface area contributed by atoms with Gasteiger partial charge in [0.25, 0.3) is 0 Å². The predicted molar refractivity (Wildman–Crippen MR) is 36.9 cm³/mol. The quantitative estimate of drug-likeness (QED) is 0.441. The number of aromatic nitrogens is 2. The van der Waals surface area contributed by atoms with E-state index in [1.54, 1.807) is 0 Å². The largest absolute Gasteiger partial charge is 1.00 e. The van der Waals surface area contributed by atoms with Crippen LogP contribution in [0.25, 0.3) is 0 Å². The average Bonchev–Trinajstić information content (AvgIpc) is 2.27. The summed E-state index contributed by atoms with van der Waals surface area (Å²) in [6.45, 7) is -5.71. The summed E-state index contributed by atoms with van der Waals surface area (Å²) in [6.07, 6.45) is -4.86. The van der Waals surface area contributed by atoms with E-state index in [4.69, 9.17) is 0 Å². The molecule has 0 atom stereocenters. The van der Waals surface area contributed by atoms with Crippen LogP contribution in [-0.2, 0) is 13.2 Å². The summed E-state index contributed by atoms with van der Waals surface area (Å²) < 4.78 is 72.9.